The number of ether oxygens (including phenoxy) is 2. The fourth-order valence-electron chi connectivity index (χ4n) is 4.58. The van der Waals surface area contributed by atoms with Gasteiger partial charge in [-0.25, -0.2) is 9.59 Å². The van der Waals surface area contributed by atoms with E-state index >= 15 is 0 Å². The molecule has 180 valence electrons. The number of nitrogens with one attached hydrogen (secondary N) is 1. The Bertz CT molecular complexity index is 1340. The summed E-state index contributed by atoms with van der Waals surface area (Å²) in [4.78, 5) is 24.5. The second-order valence-corrected chi connectivity index (χ2v) is 8.63. The highest BCUT2D eigenvalue weighted by atomic mass is 16.5. The molecule has 1 amide bonds. The first-order valence-corrected chi connectivity index (χ1v) is 11.7. The molecule has 1 aliphatic carbocycles. The van der Waals surface area contributed by atoms with E-state index in [1.165, 1.54) is 0 Å². The molecule has 1 aliphatic rings. The Morgan fingerprint density at radius 1 is 0.778 bits per heavy atom. The average molecular weight is 480 g/mol. The third kappa shape index (κ3) is 5.08. The number of aliphatic carboxylic acids is 1. The topological polar surface area (TPSA) is 84.9 Å². The summed E-state index contributed by atoms with van der Waals surface area (Å²) in [5.74, 6) is 0.0290. The first-order valence-electron chi connectivity index (χ1n) is 11.7. The Balaban J connectivity index is 1.23. The van der Waals surface area contributed by atoms with E-state index in [-0.39, 0.29) is 18.9 Å². The normalized spacial score (nSPS) is 12.8. The highest BCUT2D eigenvalue weighted by Gasteiger charge is 2.29. The zero-order chi connectivity index (χ0) is 24.9. The van der Waals surface area contributed by atoms with Crippen molar-refractivity contribution in [2.24, 2.45) is 0 Å². The van der Waals surface area contributed by atoms with Gasteiger partial charge in [-0.15, -0.1) is 0 Å². The molecular formula is C30H25NO5. The number of hydrogen-bond acceptors (Lipinski definition) is 4. The summed E-state index contributed by atoms with van der Waals surface area (Å²) in [5.41, 5.74) is 5.16. The van der Waals surface area contributed by atoms with Crippen molar-refractivity contribution in [2.45, 2.75) is 18.4 Å². The van der Waals surface area contributed by atoms with Crippen molar-refractivity contribution < 1.29 is 24.2 Å². The van der Waals surface area contributed by atoms with Gasteiger partial charge in [0.15, 0.2) is 0 Å². The highest BCUT2D eigenvalue weighted by molar-refractivity contribution is 5.81. The standard InChI is InChI=1S/C30H25NO5/c32-29(33)28(18-20-9-8-12-22(17-20)36-21-10-2-1-3-11-21)31-30(34)35-19-27-25-15-6-4-13-23(25)24-14-5-7-16-26(24)27/h1-17,27-28H,18-19H2,(H,31,34)(H,32,33). The first-order chi connectivity index (χ1) is 17.6. The van der Waals surface area contributed by atoms with Crippen LogP contribution in [-0.4, -0.2) is 29.8 Å². The van der Waals surface area contributed by atoms with E-state index in [0.29, 0.717) is 11.5 Å². The van der Waals surface area contributed by atoms with Crippen LogP contribution in [0, 0.1) is 0 Å². The zero-order valence-corrected chi connectivity index (χ0v) is 19.5. The van der Waals surface area contributed by atoms with Crippen LogP contribution in [0.3, 0.4) is 0 Å². The van der Waals surface area contributed by atoms with Gasteiger partial charge in [0.2, 0.25) is 0 Å². The van der Waals surface area contributed by atoms with E-state index in [1.54, 1.807) is 24.3 Å². The number of carbonyl (C=O) groups excluding carboxylic acids is 1. The molecule has 0 aromatic heterocycles. The van der Waals surface area contributed by atoms with Crippen LogP contribution in [0.5, 0.6) is 11.5 Å². The van der Waals surface area contributed by atoms with Crippen LogP contribution in [0.4, 0.5) is 4.79 Å². The summed E-state index contributed by atoms with van der Waals surface area (Å²) in [5, 5.41) is 12.2. The Labute approximate surface area is 209 Å². The number of carbonyl (C=O) groups is 2. The first kappa shape index (κ1) is 23.2. The van der Waals surface area contributed by atoms with Crippen molar-refractivity contribution >= 4 is 12.1 Å². The lowest BCUT2D eigenvalue weighted by molar-refractivity contribution is -0.139. The Morgan fingerprint density at radius 2 is 1.39 bits per heavy atom. The number of benzene rings is 4. The van der Waals surface area contributed by atoms with Crippen LogP contribution in [0.15, 0.2) is 103 Å². The maximum absolute atomic E-state index is 12.6. The summed E-state index contributed by atoms with van der Waals surface area (Å²) < 4.78 is 11.4. The van der Waals surface area contributed by atoms with E-state index in [9.17, 15) is 14.7 Å². The summed E-state index contributed by atoms with van der Waals surface area (Å²) in [6, 6.07) is 31.4. The predicted octanol–water partition coefficient (Wildman–Crippen LogP) is 6.01. The summed E-state index contributed by atoms with van der Waals surface area (Å²) >= 11 is 0. The largest absolute Gasteiger partial charge is 0.480 e. The van der Waals surface area contributed by atoms with Gasteiger partial charge >= 0.3 is 12.1 Å². The molecule has 6 nitrogen and oxygen atoms in total. The summed E-state index contributed by atoms with van der Waals surface area (Å²) in [7, 11) is 0. The summed E-state index contributed by atoms with van der Waals surface area (Å²) in [6.07, 6.45) is -0.674. The van der Waals surface area contributed by atoms with E-state index in [0.717, 1.165) is 27.8 Å². The maximum Gasteiger partial charge on any atom is 0.407 e. The lowest BCUT2D eigenvalue weighted by Crippen LogP contribution is -2.42. The number of amides is 1. The minimum atomic E-state index is -1.15. The third-order valence-electron chi connectivity index (χ3n) is 6.25. The molecule has 36 heavy (non-hydrogen) atoms. The monoisotopic (exact) mass is 479 g/mol. The van der Waals surface area contributed by atoms with Gasteiger partial charge < -0.3 is 19.9 Å². The number of carboxylic acids is 1. The van der Waals surface area contributed by atoms with Crippen LogP contribution in [0.2, 0.25) is 0 Å². The van der Waals surface area contributed by atoms with Gasteiger partial charge in [0.05, 0.1) is 0 Å². The van der Waals surface area contributed by atoms with Crippen molar-refractivity contribution in [2.75, 3.05) is 6.61 Å². The lowest BCUT2D eigenvalue weighted by atomic mass is 9.98. The van der Waals surface area contributed by atoms with Crippen LogP contribution >= 0.6 is 0 Å². The number of hydrogen-bond donors (Lipinski definition) is 2. The minimum absolute atomic E-state index is 0.0888. The molecule has 0 bridgehead atoms. The molecule has 0 heterocycles. The molecule has 0 aliphatic heterocycles. The quantitative estimate of drug-likeness (QED) is 0.323. The number of fused-ring (bicyclic) bond motifs is 3. The predicted molar refractivity (Wildman–Crippen MR) is 136 cm³/mol. The molecule has 0 saturated heterocycles. The van der Waals surface area contributed by atoms with E-state index < -0.39 is 18.1 Å². The Kier molecular flexibility index (Phi) is 6.67. The third-order valence-corrected chi connectivity index (χ3v) is 6.25. The molecule has 0 spiro atoms. The van der Waals surface area contributed by atoms with Crippen LogP contribution in [0.25, 0.3) is 11.1 Å². The van der Waals surface area contributed by atoms with E-state index in [1.807, 2.05) is 66.7 Å². The number of para-hydroxylation sites is 1. The van der Waals surface area contributed by atoms with Gasteiger partial charge in [0, 0.05) is 12.3 Å². The number of carboxylic acid groups (broad SMARTS) is 1. The fraction of sp³-hybridized carbons (Fsp3) is 0.133. The van der Waals surface area contributed by atoms with E-state index in [4.69, 9.17) is 9.47 Å². The maximum atomic E-state index is 12.6. The van der Waals surface area contributed by atoms with Crippen LogP contribution in [-0.2, 0) is 16.0 Å². The molecule has 0 saturated carbocycles. The van der Waals surface area contributed by atoms with Gasteiger partial charge in [-0.2, -0.15) is 0 Å². The van der Waals surface area contributed by atoms with Crippen molar-refractivity contribution in [1.82, 2.24) is 5.32 Å². The molecule has 2 N–H and O–H groups in total. The smallest absolute Gasteiger partial charge is 0.407 e. The van der Waals surface area contributed by atoms with Crippen LogP contribution < -0.4 is 10.1 Å². The van der Waals surface area contributed by atoms with Gasteiger partial charge in [0.1, 0.15) is 24.1 Å². The van der Waals surface area contributed by atoms with Gasteiger partial charge in [-0.3, -0.25) is 0 Å². The number of rotatable bonds is 8. The molecule has 1 atom stereocenters. The van der Waals surface area contributed by atoms with Gasteiger partial charge in [-0.05, 0) is 52.1 Å². The van der Waals surface area contributed by atoms with E-state index in [2.05, 4.69) is 17.4 Å². The van der Waals surface area contributed by atoms with Crippen LogP contribution in [0.1, 0.15) is 22.6 Å². The molecule has 4 aromatic carbocycles. The Hall–Kier alpha value is -4.58. The molecule has 1 unspecified atom stereocenters. The average Bonchev–Trinajstić information content (AvgIpc) is 3.21. The second kappa shape index (κ2) is 10.4. The molecular weight excluding hydrogens is 454 g/mol. The van der Waals surface area contributed by atoms with Crippen molar-refractivity contribution in [3.8, 4) is 22.6 Å². The van der Waals surface area contributed by atoms with Gasteiger partial charge in [-0.1, -0.05) is 78.9 Å². The molecule has 4 aromatic rings. The lowest BCUT2D eigenvalue weighted by Gasteiger charge is -2.18. The Morgan fingerprint density at radius 3 is 2.06 bits per heavy atom. The number of alkyl carbamates (subject to hydrolysis) is 1. The van der Waals surface area contributed by atoms with Crippen molar-refractivity contribution in [3.63, 3.8) is 0 Å². The van der Waals surface area contributed by atoms with Crippen molar-refractivity contribution in [3.05, 3.63) is 120 Å². The second-order valence-electron chi connectivity index (χ2n) is 8.63. The summed E-state index contributed by atoms with van der Waals surface area (Å²) in [6.45, 7) is 0.118. The van der Waals surface area contributed by atoms with Crippen molar-refractivity contribution in [1.29, 1.82) is 0 Å². The molecule has 0 radical (unpaired) electrons. The van der Waals surface area contributed by atoms with Gasteiger partial charge in [0.25, 0.3) is 0 Å². The molecule has 6 heteroatoms. The SMILES string of the molecule is O=C(NC(Cc1cccc(Oc2ccccc2)c1)C(=O)O)OCC1c2ccccc2-c2ccccc21. The zero-order valence-electron chi connectivity index (χ0n) is 19.5. The molecule has 5 rings (SSSR count). The highest BCUT2D eigenvalue weighted by Crippen LogP contribution is 2.44. The minimum Gasteiger partial charge on any atom is -0.480 e. The fourth-order valence-corrected chi connectivity index (χ4v) is 4.58. The molecule has 0 fully saturated rings.